The smallest absolute Gasteiger partial charge is 0.408 e. The molecule has 9 heterocycles. The quantitative estimate of drug-likeness (QED) is 0.0172. The Bertz CT molecular complexity index is 4650. The molecular formula is C77H107BN13O29. The van der Waals surface area contributed by atoms with E-state index in [1.165, 1.54) is 35.0 Å². The van der Waals surface area contributed by atoms with Crippen LogP contribution in [0.15, 0.2) is 40.9 Å². The van der Waals surface area contributed by atoms with Crippen molar-refractivity contribution in [3.63, 3.8) is 0 Å². The number of aliphatic hydroxyl groups excluding tert-OH is 3. The molecule has 3 radical (unpaired) electrons. The second kappa shape index (κ2) is 47.9. The lowest BCUT2D eigenvalue weighted by Crippen LogP contribution is -2.48. The Kier molecular flexibility index (Phi) is 41.4. The molecule has 9 rings (SSSR count). The van der Waals surface area contributed by atoms with Crippen molar-refractivity contribution in [1.29, 1.82) is 0 Å². The summed E-state index contributed by atoms with van der Waals surface area (Å²) in [5.41, 5.74) is 1.95. The summed E-state index contributed by atoms with van der Waals surface area (Å²) in [5.74, 6) is 3.01. The van der Waals surface area contributed by atoms with Gasteiger partial charge in [-0.25, -0.2) is 64.1 Å². The molecule has 2 aliphatic rings. The van der Waals surface area contributed by atoms with Crippen LogP contribution in [0.25, 0.3) is 34.8 Å². The number of aromatic nitrogens is 7. The highest BCUT2D eigenvalue weighted by molar-refractivity contribution is 5.95. The second-order valence-electron chi connectivity index (χ2n) is 28.2. The van der Waals surface area contributed by atoms with E-state index in [0.717, 1.165) is 25.0 Å². The average molecular weight is 1690 g/mol. The molecule has 0 bridgehead atoms. The van der Waals surface area contributed by atoms with Gasteiger partial charge in [0, 0.05) is 34.1 Å². The van der Waals surface area contributed by atoms with Gasteiger partial charge in [-0.1, -0.05) is 20.8 Å². The summed E-state index contributed by atoms with van der Waals surface area (Å²) in [4.78, 5) is 165. The lowest BCUT2D eigenvalue weighted by molar-refractivity contribution is -0.193. The Hall–Kier alpha value is -12.3. The fourth-order valence-corrected chi connectivity index (χ4v) is 10.2. The van der Waals surface area contributed by atoms with Gasteiger partial charge >= 0.3 is 42.4 Å². The second-order valence-corrected chi connectivity index (χ2v) is 28.2. The largest absolute Gasteiger partial charge is 0.475 e. The number of aryl methyl sites for hydroxylation is 10. The van der Waals surface area contributed by atoms with Crippen LogP contribution in [0.2, 0.25) is 0 Å². The van der Waals surface area contributed by atoms with Gasteiger partial charge in [0.1, 0.15) is 75.8 Å². The maximum atomic E-state index is 12.7. The highest BCUT2D eigenvalue weighted by Crippen LogP contribution is 2.32. The molecule has 0 saturated carbocycles. The molecular weight excluding hydrogens is 1580 g/mol. The van der Waals surface area contributed by atoms with E-state index in [-0.39, 0.29) is 112 Å². The summed E-state index contributed by atoms with van der Waals surface area (Å²) in [6, 6.07) is -2.81. The zero-order valence-electron chi connectivity index (χ0n) is 72.1. The highest BCUT2D eigenvalue weighted by Gasteiger charge is 2.42. The van der Waals surface area contributed by atoms with Gasteiger partial charge in [-0.15, -0.1) is 0 Å². The van der Waals surface area contributed by atoms with E-state index in [9.17, 15) is 53.7 Å². The summed E-state index contributed by atoms with van der Waals surface area (Å²) in [7, 11) is 3.80. The van der Waals surface area contributed by atoms with E-state index in [1.807, 2.05) is 34.6 Å². The van der Waals surface area contributed by atoms with Gasteiger partial charge in [-0.3, -0.25) is 19.2 Å². The van der Waals surface area contributed by atoms with Crippen LogP contribution in [0, 0.1) is 68.2 Å². The Morgan fingerprint density at radius 2 is 0.975 bits per heavy atom. The first kappa shape index (κ1) is 104. The number of amides is 4. The van der Waals surface area contributed by atoms with Crippen molar-refractivity contribution in [3.8, 4) is 34.8 Å². The van der Waals surface area contributed by atoms with Crippen molar-refractivity contribution in [3.05, 3.63) is 86.7 Å². The fraction of sp³-hybridized carbons (Fsp3) is 0.571. The monoisotopic (exact) mass is 1690 g/mol. The first-order valence-electron chi connectivity index (χ1n) is 37.1. The number of hydrogen-bond donors (Lipinski definition) is 7. The standard InChI is InChI=1S/C19H28N4O6.C19H24N4O5.C13H23NO6.C12H18N2O4.C12H14N2O4.2CO2.B/c1-9-11(3)28-17(21-9)14(10(2)24)23-16(25)15-12(4)27-13(22-15)8-20-18(26)29-19(5,6)7;1-9-10(2)26-16(21-9)15-12(4)27-17(23-15)14-11(3)25-13(22-14)8-20-18(24)28-19(5,6)7;1-5-11(18)14-12(8(3)16)10(17)6-9(7(2)15)13(19)20-4;2*1-5-8-13-9(6(2)17-8)11-14-10(7(3)18-11)12(15)16-4;2*2-1-3;/h10,14,24H,8H2,1-7H3,(H,20,26)(H,23,25);8H2,1-7H3,(H,20,24);7-9,12,15-16H,5-6H2,1-4H3,(H,14,18);6-7,9-10H,5H2,1-4H3;5H2,1-4H3;;;. The SMILES string of the molecule is CCC(=O)NC(C(=O)CC(C(=O)OC)C(C)O)C(C)O.CCC1=NC(C2=NC(C(=O)OC)C(C)O2)C(C)O1.CCc1nc(-c2nc(C(=O)OC)c(C)o2)c(C)o1.Cc1nc(-c2nc(-c3nc(CNC(=O)OC(C)(C)C)oc3C)oc2C)oc1C.Cc1nc(C(NC(=O)c2nc(CNC(=O)OC(C)(C)C)oc2C)C(C)O)oc1C.O=C=O.O=C=O.[B]. The number of carbonyl (C=O) groups is 8. The van der Waals surface area contributed by atoms with Gasteiger partial charge in [-0.05, 0) is 138 Å². The average Bonchev–Trinajstić information content (AvgIpc) is 1.66. The molecule has 7 aromatic rings. The molecule has 657 valence electrons. The number of Topliss-reactive ketones (excluding diaryl/α,β-unsaturated/α-hetero) is 1. The van der Waals surface area contributed by atoms with Crippen molar-refractivity contribution in [1.82, 2.24) is 56.2 Å². The molecule has 42 nitrogen and oxygen atoms in total. The van der Waals surface area contributed by atoms with Gasteiger partial charge in [0.15, 0.2) is 58.1 Å². The summed E-state index contributed by atoms with van der Waals surface area (Å²) in [5, 5.41) is 39.3. The number of ether oxygens (including phenoxy) is 7. The summed E-state index contributed by atoms with van der Waals surface area (Å²) in [6.45, 7) is 39.9. The minimum Gasteiger partial charge on any atom is -0.475 e. The van der Waals surface area contributed by atoms with Crippen LogP contribution in [0.1, 0.15) is 218 Å². The Morgan fingerprint density at radius 1 is 0.508 bits per heavy atom. The third-order valence-electron chi connectivity index (χ3n) is 16.3. The van der Waals surface area contributed by atoms with Crippen LogP contribution in [0.5, 0.6) is 0 Å². The number of nitrogens with one attached hydrogen (secondary N) is 4. The molecule has 2 aliphatic heterocycles. The molecule has 7 aromatic heterocycles. The summed E-state index contributed by atoms with van der Waals surface area (Å²) < 4.78 is 74.1. The predicted molar refractivity (Wildman–Crippen MR) is 416 cm³/mol. The molecule has 10 unspecified atom stereocenters. The van der Waals surface area contributed by atoms with Crippen LogP contribution in [-0.2, 0) is 91.0 Å². The third kappa shape index (κ3) is 31.5. The van der Waals surface area contributed by atoms with Crippen molar-refractivity contribution in [2.45, 2.75) is 264 Å². The van der Waals surface area contributed by atoms with Gasteiger partial charge < -0.3 is 101 Å². The highest BCUT2D eigenvalue weighted by atomic mass is 16.6. The summed E-state index contributed by atoms with van der Waals surface area (Å²) in [6.07, 6.45) is -2.92. The minimum absolute atomic E-state index is 0. The summed E-state index contributed by atoms with van der Waals surface area (Å²) >= 11 is 0. The van der Waals surface area contributed by atoms with E-state index >= 15 is 0 Å². The molecule has 120 heavy (non-hydrogen) atoms. The number of methoxy groups -OCH3 is 3. The first-order chi connectivity index (χ1) is 55.6. The van der Waals surface area contributed by atoms with E-state index in [0.29, 0.717) is 93.4 Å². The maximum absolute atomic E-state index is 12.7. The number of aliphatic imine (C=N–C) groups is 2. The van der Waals surface area contributed by atoms with Crippen LogP contribution in [-0.4, -0.2) is 212 Å². The van der Waals surface area contributed by atoms with Crippen molar-refractivity contribution < 1.29 is 137 Å². The van der Waals surface area contributed by atoms with Gasteiger partial charge in [-0.2, -0.15) is 19.2 Å². The lowest BCUT2D eigenvalue weighted by atomic mass is 9.92. The number of hydrogen-bond acceptors (Lipinski definition) is 38. The minimum atomic E-state index is -1.10. The molecule has 0 aromatic carbocycles. The van der Waals surface area contributed by atoms with Crippen molar-refractivity contribution >= 4 is 80.2 Å². The van der Waals surface area contributed by atoms with Gasteiger partial charge in [0.25, 0.3) is 5.91 Å². The number of rotatable bonds is 24. The molecule has 0 fully saturated rings. The molecule has 10 atom stereocenters. The molecule has 0 aliphatic carbocycles. The van der Waals surface area contributed by atoms with Crippen LogP contribution < -0.4 is 21.3 Å². The topological polar surface area (TPSA) is 585 Å². The van der Waals surface area contributed by atoms with Crippen molar-refractivity contribution in [2.24, 2.45) is 15.9 Å². The number of carbonyl (C=O) groups excluding carboxylic acids is 12. The molecule has 0 spiro atoms. The fourth-order valence-electron chi connectivity index (χ4n) is 10.2. The predicted octanol–water partition coefficient (Wildman–Crippen LogP) is 7.79. The van der Waals surface area contributed by atoms with Crippen LogP contribution >= 0.6 is 0 Å². The number of oxazole rings is 7. The Morgan fingerprint density at radius 3 is 1.42 bits per heavy atom. The molecule has 0 saturated heterocycles. The zero-order valence-corrected chi connectivity index (χ0v) is 72.1. The van der Waals surface area contributed by atoms with E-state index in [2.05, 4.69) is 75.6 Å². The van der Waals surface area contributed by atoms with E-state index in [1.54, 1.807) is 104 Å². The molecule has 43 heteroatoms. The Balaban J connectivity index is 0.000000505. The number of alkyl carbamates (subject to hydrolysis) is 2. The van der Waals surface area contributed by atoms with Gasteiger partial charge in [0.05, 0.1) is 70.0 Å². The Labute approximate surface area is 693 Å². The first-order valence-corrected chi connectivity index (χ1v) is 37.1. The van der Waals surface area contributed by atoms with Crippen molar-refractivity contribution in [2.75, 3.05) is 21.3 Å². The lowest BCUT2D eigenvalue weighted by Gasteiger charge is -2.23. The van der Waals surface area contributed by atoms with E-state index in [4.69, 9.17) is 73.8 Å². The third-order valence-corrected chi connectivity index (χ3v) is 16.3. The van der Waals surface area contributed by atoms with E-state index < -0.39 is 89.4 Å². The van der Waals surface area contributed by atoms with Crippen LogP contribution in [0.4, 0.5) is 9.59 Å². The number of ketones is 1. The maximum Gasteiger partial charge on any atom is 0.408 e. The number of aliphatic hydroxyl groups is 3. The van der Waals surface area contributed by atoms with Crippen LogP contribution in [0.3, 0.4) is 0 Å². The zero-order chi connectivity index (χ0) is 90.4. The molecule has 7 N–H and O–H groups in total. The number of esters is 3. The van der Waals surface area contributed by atoms with Gasteiger partial charge in [0.2, 0.25) is 47.1 Å². The number of nitrogens with zero attached hydrogens (tertiary/aromatic N) is 9. The molecule has 4 amide bonds. The normalized spacial score (nSPS) is 15.7.